The van der Waals surface area contributed by atoms with Crippen LogP contribution in [-0.4, -0.2) is 17.4 Å². The molecule has 0 spiro atoms. The van der Waals surface area contributed by atoms with E-state index in [0.717, 1.165) is 0 Å². The van der Waals surface area contributed by atoms with Crippen LogP contribution in [0.5, 0.6) is 5.75 Å². The van der Waals surface area contributed by atoms with E-state index in [9.17, 15) is 10.1 Å². The van der Waals surface area contributed by atoms with Crippen LogP contribution in [-0.2, 0) is 0 Å². The zero-order valence-corrected chi connectivity index (χ0v) is 7.97. The molecule has 6 heteroatoms. The smallest absolute Gasteiger partial charge is 0.273 e. The van der Waals surface area contributed by atoms with Gasteiger partial charge in [0, 0.05) is 12.5 Å². The van der Waals surface area contributed by atoms with Crippen molar-refractivity contribution in [3.05, 3.63) is 34.4 Å². The first-order valence-corrected chi connectivity index (χ1v) is 4.30. The van der Waals surface area contributed by atoms with Gasteiger partial charge in [0.15, 0.2) is 0 Å². The van der Waals surface area contributed by atoms with Gasteiger partial charge in [-0.3, -0.25) is 15.5 Å². The Labute approximate surface area is 86.3 Å². The SMILES string of the molecule is N=C(N)CCOc1cccc([N+](=O)[O-])c1. The van der Waals surface area contributed by atoms with Gasteiger partial charge >= 0.3 is 0 Å². The molecule has 1 aromatic carbocycles. The van der Waals surface area contributed by atoms with Gasteiger partial charge in [0.25, 0.3) is 5.69 Å². The van der Waals surface area contributed by atoms with Crippen LogP contribution >= 0.6 is 0 Å². The van der Waals surface area contributed by atoms with Crippen LogP contribution in [0, 0.1) is 15.5 Å². The summed E-state index contributed by atoms with van der Waals surface area (Å²) in [5.41, 5.74) is 5.11. The second-order valence-corrected chi connectivity index (χ2v) is 2.88. The maximum absolute atomic E-state index is 10.4. The highest BCUT2D eigenvalue weighted by molar-refractivity contribution is 5.76. The number of nitro groups is 1. The predicted octanol–water partition coefficient (Wildman–Crippen LogP) is 1.30. The van der Waals surface area contributed by atoms with Crippen LogP contribution in [0.1, 0.15) is 6.42 Å². The average molecular weight is 209 g/mol. The summed E-state index contributed by atoms with van der Waals surface area (Å²) in [6.45, 7) is 0.247. The summed E-state index contributed by atoms with van der Waals surface area (Å²) in [6.07, 6.45) is 0.308. The Morgan fingerprint density at radius 3 is 2.93 bits per heavy atom. The largest absolute Gasteiger partial charge is 0.493 e. The normalized spacial score (nSPS) is 9.60. The Kier molecular flexibility index (Phi) is 3.61. The van der Waals surface area contributed by atoms with Crippen LogP contribution in [0.3, 0.4) is 0 Å². The summed E-state index contributed by atoms with van der Waals surface area (Å²) < 4.78 is 5.18. The van der Waals surface area contributed by atoms with Crippen molar-refractivity contribution in [2.45, 2.75) is 6.42 Å². The second-order valence-electron chi connectivity index (χ2n) is 2.88. The van der Waals surface area contributed by atoms with E-state index in [1.165, 1.54) is 12.1 Å². The number of nitro benzene ring substituents is 1. The van der Waals surface area contributed by atoms with E-state index in [0.29, 0.717) is 12.2 Å². The minimum Gasteiger partial charge on any atom is -0.493 e. The number of rotatable bonds is 5. The molecule has 0 saturated heterocycles. The molecule has 1 rings (SSSR count). The number of hydrogen-bond donors (Lipinski definition) is 2. The Morgan fingerprint density at radius 2 is 2.33 bits per heavy atom. The zero-order valence-electron chi connectivity index (χ0n) is 7.97. The lowest BCUT2D eigenvalue weighted by molar-refractivity contribution is -0.384. The first-order valence-electron chi connectivity index (χ1n) is 4.30. The van der Waals surface area contributed by atoms with Crippen LogP contribution in [0.4, 0.5) is 5.69 Å². The standard InChI is InChI=1S/C9H11N3O3/c10-9(11)4-5-15-8-3-1-2-7(6-8)12(13)14/h1-3,6H,4-5H2,(H3,10,11). The van der Waals surface area contributed by atoms with Crippen molar-refractivity contribution in [1.82, 2.24) is 0 Å². The number of hydrogen-bond acceptors (Lipinski definition) is 4. The molecular formula is C9H11N3O3. The van der Waals surface area contributed by atoms with Gasteiger partial charge in [0.1, 0.15) is 5.75 Å². The number of non-ortho nitro benzene ring substituents is 1. The fraction of sp³-hybridized carbons (Fsp3) is 0.222. The van der Waals surface area contributed by atoms with E-state index in [2.05, 4.69) is 0 Å². The molecule has 15 heavy (non-hydrogen) atoms. The Balaban J connectivity index is 2.58. The third-order valence-electron chi connectivity index (χ3n) is 1.67. The molecule has 0 radical (unpaired) electrons. The summed E-state index contributed by atoms with van der Waals surface area (Å²) in [5.74, 6) is 0.436. The van der Waals surface area contributed by atoms with Gasteiger partial charge in [-0.2, -0.15) is 0 Å². The van der Waals surface area contributed by atoms with Gasteiger partial charge in [-0.1, -0.05) is 6.07 Å². The Bertz CT molecular complexity index is 379. The van der Waals surface area contributed by atoms with Crippen molar-refractivity contribution in [2.75, 3.05) is 6.61 Å². The fourth-order valence-corrected chi connectivity index (χ4v) is 0.966. The van der Waals surface area contributed by atoms with Gasteiger partial charge in [-0.05, 0) is 6.07 Å². The molecule has 0 atom stereocenters. The van der Waals surface area contributed by atoms with Crippen molar-refractivity contribution in [3.63, 3.8) is 0 Å². The topological polar surface area (TPSA) is 102 Å². The zero-order chi connectivity index (χ0) is 11.3. The number of benzene rings is 1. The van der Waals surface area contributed by atoms with Crippen molar-refractivity contribution in [1.29, 1.82) is 5.41 Å². The van der Waals surface area contributed by atoms with Crippen LogP contribution in [0.25, 0.3) is 0 Å². The summed E-state index contributed by atoms with van der Waals surface area (Å²) in [5, 5.41) is 17.4. The molecule has 0 aliphatic heterocycles. The number of nitrogens with two attached hydrogens (primary N) is 1. The molecule has 1 aromatic rings. The summed E-state index contributed by atoms with van der Waals surface area (Å²) >= 11 is 0. The van der Waals surface area contributed by atoms with Crippen LogP contribution in [0.15, 0.2) is 24.3 Å². The molecule has 0 unspecified atom stereocenters. The minimum absolute atomic E-state index is 0.0182. The number of nitrogens with zero attached hydrogens (tertiary/aromatic N) is 1. The summed E-state index contributed by atoms with van der Waals surface area (Å²) in [6, 6.07) is 5.88. The summed E-state index contributed by atoms with van der Waals surface area (Å²) in [7, 11) is 0. The van der Waals surface area contributed by atoms with Gasteiger partial charge in [-0.25, -0.2) is 0 Å². The molecular weight excluding hydrogens is 198 g/mol. The minimum atomic E-state index is -0.488. The van der Waals surface area contributed by atoms with Crippen LogP contribution in [0.2, 0.25) is 0 Å². The molecule has 0 aliphatic rings. The molecule has 0 bridgehead atoms. The van der Waals surface area contributed by atoms with Gasteiger partial charge in [0.05, 0.1) is 23.4 Å². The first kappa shape index (κ1) is 11.0. The monoisotopic (exact) mass is 209 g/mol. The number of ether oxygens (including phenoxy) is 1. The molecule has 3 N–H and O–H groups in total. The summed E-state index contributed by atoms with van der Waals surface area (Å²) in [4.78, 5) is 9.94. The van der Waals surface area contributed by atoms with E-state index in [1.807, 2.05) is 0 Å². The Hall–Kier alpha value is -2.11. The number of amidine groups is 1. The molecule has 0 aromatic heterocycles. The van der Waals surface area contributed by atoms with E-state index in [-0.39, 0.29) is 18.1 Å². The molecule has 0 fully saturated rings. The first-order chi connectivity index (χ1) is 7.09. The third-order valence-corrected chi connectivity index (χ3v) is 1.67. The van der Waals surface area contributed by atoms with Crippen molar-refractivity contribution in [2.24, 2.45) is 5.73 Å². The van der Waals surface area contributed by atoms with E-state index in [1.54, 1.807) is 12.1 Å². The van der Waals surface area contributed by atoms with E-state index in [4.69, 9.17) is 15.9 Å². The molecule has 80 valence electrons. The van der Waals surface area contributed by atoms with Crippen molar-refractivity contribution < 1.29 is 9.66 Å². The maximum Gasteiger partial charge on any atom is 0.273 e. The van der Waals surface area contributed by atoms with E-state index >= 15 is 0 Å². The molecule has 6 nitrogen and oxygen atoms in total. The highest BCUT2D eigenvalue weighted by Gasteiger charge is 2.05. The van der Waals surface area contributed by atoms with Gasteiger partial charge < -0.3 is 10.5 Å². The predicted molar refractivity (Wildman–Crippen MR) is 55.1 cm³/mol. The fourth-order valence-electron chi connectivity index (χ4n) is 0.966. The maximum atomic E-state index is 10.4. The van der Waals surface area contributed by atoms with Gasteiger partial charge in [-0.15, -0.1) is 0 Å². The average Bonchev–Trinajstić information content (AvgIpc) is 2.17. The number of nitrogens with one attached hydrogen (secondary N) is 1. The van der Waals surface area contributed by atoms with Crippen molar-refractivity contribution >= 4 is 11.5 Å². The second kappa shape index (κ2) is 4.94. The van der Waals surface area contributed by atoms with Crippen molar-refractivity contribution in [3.8, 4) is 5.75 Å². The molecule has 0 saturated carbocycles. The molecule has 0 aliphatic carbocycles. The lowest BCUT2D eigenvalue weighted by Crippen LogP contribution is -2.13. The van der Waals surface area contributed by atoms with Gasteiger partial charge in [0.2, 0.25) is 0 Å². The highest BCUT2D eigenvalue weighted by Crippen LogP contribution is 2.18. The lowest BCUT2D eigenvalue weighted by atomic mass is 10.3. The lowest BCUT2D eigenvalue weighted by Gasteiger charge is -2.04. The molecule has 0 heterocycles. The Morgan fingerprint density at radius 1 is 1.60 bits per heavy atom. The highest BCUT2D eigenvalue weighted by atomic mass is 16.6. The quantitative estimate of drug-likeness (QED) is 0.330. The molecule has 0 amide bonds. The third kappa shape index (κ3) is 3.63. The van der Waals surface area contributed by atoms with Crippen LogP contribution < -0.4 is 10.5 Å². The van der Waals surface area contributed by atoms with E-state index < -0.39 is 4.92 Å².